The number of para-hydroxylation sites is 1. The van der Waals surface area contributed by atoms with Crippen molar-refractivity contribution in [2.75, 3.05) is 0 Å². The maximum atomic E-state index is 12.0. The summed E-state index contributed by atoms with van der Waals surface area (Å²) in [6.07, 6.45) is 3.09. The van der Waals surface area contributed by atoms with Gasteiger partial charge in [-0.05, 0) is 35.9 Å². The molecular formula is C22H16N2O3S. The highest BCUT2D eigenvalue weighted by atomic mass is 32.1. The van der Waals surface area contributed by atoms with E-state index in [4.69, 9.17) is 4.74 Å². The Morgan fingerprint density at radius 2 is 1.82 bits per heavy atom. The topological polar surface area (TPSA) is 72.0 Å². The number of thiophene rings is 1. The first-order valence-electron chi connectivity index (χ1n) is 8.67. The zero-order chi connectivity index (χ0) is 19.3. The second-order valence-electron chi connectivity index (χ2n) is 6.04. The number of benzene rings is 2. The number of carbonyl (C=O) groups is 1. The summed E-state index contributed by atoms with van der Waals surface area (Å²) in [6, 6.07) is 21.1. The third-order valence-corrected chi connectivity index (χ3v) is 5.18. The van der Waals surface area contributed by atoms with Crippen LogP contribution in [-0.2, 0) is 16.1 Å². The van der Waals surface area contributed by atoms with E-state index in [1.54, 1.807) is 41.7 Å². The van der Waals surface area contributed by atoms with Gasteiger partial charge in [0.25, 0.3) is 5.56 Å². The van der Waals surface area contributed by atoms with Crippen molar-refractivity contribution < 1.29 is 9.53 Å². The molecule has 0 radical (unpaired) electrons. The fraction of sp³-hybridized carbons (Fsp3) is 0.0455. The maximum Gasteiger partial charge on any atom is 0.331 e. The van der Waals surface area contributed by atoms with Crippen molar-refractivity contribution in [3.63, 3.8) is 0 Å². The molecule has 0 aliphatic carbocycles. The minimum Gasteiger partial charge on any atom is -0.454 e. The van der Waals surface area contributed by atoms with Gasteiger partial charge in [-0.15, -0.1) is 11.3 Å². The third-order valence-electron chi connectivity index (χ3n) is 4.08. The molecule has 0 fully saturated rings. The van der Waals surface area contributed by atoms with E-state index in [1.807, 2.05) is 42.5 Å². The fourth-order valence-electron chi connectivity index (χ4n) is 2.74. The highest BCUT2D eigenvalue weighted by Crippen LogP contribution is 2.28. The van der Waals surface area contributed by atoms with Gasteiger partial charge in [0.1, 0.15) is 12.4 Å². The largest absolute Gasteiger partial charge is 0.454 e. The van der Waals surface area contributed by atoms with E-state index in [0.29, 0.717) is 16.7 Å². The molecule has 0 aliphatic heterocycles. The molecule has 0 saturated heterocycles. The van der Waals surface area contributed by atoms with Crippen LogP contribution in [0.5, 0.6) is 0 Å². The predicted octanol–water partition coefficient (Wildman–Crippen LogP) is 4.41. The first-order chi connectivity index (χ1) is 13.7. The normalized spacial score (nSPS) is 11.1. The van der Waals surface area contributed by atoms with Crippen LogP contribution in [0.15, 0.2) is 77.6 Å². The molecule has 2 aromatic carbocycles. The second-order valence-corrected chi connectivity index (χ2v) is 7.15. The standard InChI is InChI=1S/C22H16N2O3S/c25-21(13-11-16-10-12-19(28-16)15-6-2-1-3-7-15)27-14-20-23-18-9-5-4-8-17(18)22(26)24-20/h1-13H,14H2,(H,23,24,26)/b13-11+. The Kier molecular flexibility index (Phi) is 5.12. The maximum absolute atomic E-state index is 12.0. The zero-order valence-corrected chi connectivity index (χ0v) is 15.6. The molecule has 0 unspecified atom stereocenters. The number of nitrogens with zero attached hydrogens (tertiary/aromatic N) is 1. The van der Waals surface area contributed by atoms with Crippen LogP contribution in [-0.4, -0.2) is 15.9 Å². The zero-order valence-electron chi connectivity index (χ0n) is 14.8. The number of esters is 1. The van der Waals surface area contributed by atoms with Gasteiger partial charge < -0.3 is 9.72 Å². The molecule has 0 spiro atoms. The molecule has 0 saturated carbocycles. The average Bonchev–Trinajstić information content (AvgIpc) is 3.21. The summed E-state index contributed by atoms with van der Waals surface area (Å²) in [6.45, 7) is -0.0943. The molecule has 2 aromatic heterocycles. The minimum absolute atomic E-state index is 0.0943. The number of aromatic amines is 1. The number of nitrogens with one attached hydrogen (secondary N) is 1. The van der Waals surface area contributed by atoms with E-state index in [2.05, 4.69) is 9.97 Å². The van der Waals surface area contributed by atoms with Gasteiger partial charge in [-0.25, -0.2) is 9.78 Å². The Morgan fingerprint density at radius 3 is 2.68 bits per heavy atom. The van der Waals surface area contributed by atoms with Crippen LogP contribution in [0.1, 0.15) is 10.7 Å². The fourth-order valence-corrected chi connectivity index (χ4v) is 3.66. The van der Waals surface area contributed by atoms with Crippen molar-refractivity contribution in [2.45, 2.75) is 6.61 Å². The average molecular weight is 388 g/mol. The lowest BCUT2D eigenvalue weighted by Gasteiger charge is -2.03. The van der Waals surface area contributed by atoms with Gasteiger partial charge in [0.2, 0.25) is 0 Å². The van der Waals surface area contributed by atoms with E-state index in [-0.39, 0.29) is 12.2 Å². The summed E-state index contributed by atoms with van der Waals surface area (Å²) in [4.78, 5) is 33.0. The molecule has 0 aliphatic rings. The number of hydrogen-bond donors (Lipinski definition) is 1. The molecule has 5 nitrogen and oxygen atoms in total. The van der Waals surface area contributed by atoms with Gasteiger partial charge in [-0.3, -0.25) is 4.79 Å². The minimum atomic E-state index is -0.495. The van der Waals surface area contributed by atoms with Crippen LogP contribution in [0.2, 0.25) is 0 Å². The van der Waals surface area contributed by atoms with Crippen LogP contribution in [0, 0.1) is 0 Å². The highest BCUT2D eigenvalue weighted by Gasteiger charge is 2.06. The monoisotopic (exact) mass is 388 g/mol. The van der Waals surface area contributed by atoms with Crippen LogP contribution in [0.3, 0.4) is 0 Å². The Labute approximate surface area is 165 Å². The number of aromatic nitrogens is 2. The van der Waals surface area contributed by atoms with Gasteiger partial charge in [0.05, 0.1) is 10.9 Å². The molecule has 1 N–H and O–H groups in total. The van der Waals surface area contributed by atoms with Crippen molar-refractivity contribution in [3.8, 4) is 10.4 Å². The summed E-state index contributed by atoms with van der Waals surface area (Å²) in [7, 11) is 0. The van der Waals surface area contributed by atoms with Crippen molar-refractivity contribution in [3.05, 3.63) is 93.9 Å². The lowest BCUT2D eigenvalue weighted by atomic mass is 10.2. The summed E-state index contributed by atoms with van der Waals surface area (Å²) in [5.41, 5.74) is 1.46. The van der Waals surface area contributed by atoms with Crippen molar-refractivity contribution in [1.82, 2.24) is 9.97 Å². The van der Waals surface area contributed by atoms with Gasteiger partial charge in [-0.2, -0.15) is 0 Å². The van der Waals surface area contributed by atoms with Crippen LogP contribution in [0.4, 0.5) is 0 Å². The number of hydrogen-bond acceptors (Lipinski definition) is 5. The number of fused-ring (bicyclic) bond motifs is 1. The smallest absolute Gasteiger partial charge is 0.331 e. The van der Waals surface area contributed by atoms with Crippen LogP contribution < -0.4 is 5.56 Å². The van der Waals surface area contributed by atoms with Crippen molar-refractivity contribution >= 4 is 34.3 Å². The van der Waals surface area contributed by atoms with Crippen molar-refractivity contribution in [2.24, 2.45) is 0 Å². The Bertz CT molecular complexity index is 1210. The van der Waals surface area contributed by atoms with Gasteiger partial charge in [0.15, 0.2) is 0 Å². The first-order valence-corrected chi connectivity index (χ1v) is 9.49. The first kappa shape index (κ1) is 17.9. The van der Waals surface area contributed by atoms with Gasteiger partial charge >= 0.3 is 5.97 Å². The quantitative estimate of drug-likeness (QED) is 0.406. The van der Waals surface area contributed by atoms with Crippen LogP contribution >= 0.6 is 11.3 Å². The third kappa shape index (κ3) is 4.07. The van der Waals surface area contributed by atoms with E-state index >= 15 is 0 Å². The molecule has 2 heterocycles. The number of ether oxygens (including phenoxy) is 1. The molecule has 0 atom stereocenters. The molecule has 4 rings (SSSR count). The lowest BCUT2D eigenvalue weighted by Crippen LogP contribution is -2.13. The second kappa shape index (κ2) is 8.02. The molecule has 6 heteroatoms. The van der Waals surface area contributed by atoms with E-state index < -0.39 is 5.97 Å². The van der Waals surface area contributed by atoms with Crippen LogP contribution in [0.25, 0.3) is 27.4 Å². The predicted molar refractivity (Wildman–Crippen MR) is 111 cm³/mol. The summed E-state index contributed by atoms with van der Waals surface area (Å²) < 4.78 is 5.19. The Hall–Kier alpha value is -3.51. The molecule has 28 heavy (non-hydrogen) atoms. The summed E-state index contributed by atoms with van der Waals surface area (Å²) in [5.74, 6) is -0.182. The Morgan fingerprint density at radius 1 is 1.04 bits per heavy atom. The van der Waals surface area contributed by atoms with E-state index in [9.17, 15) is 9.59 Å². The molecule has 138 valence electrons. The molecule has 0 bridgehead atoms. The molecule has 4 aromatic rings. The van der Waals surface area contributed by atoms with Gasteiger partial charge in [0, 0.05) is 15.8 Å². The Balaban J connectivity index is 1.40. The summed E-state index contributed by atoms with van der Waals surface area (Å²) in [5, 5.41) is 0.504. The molecule has 0 amide bonds. The van der Waals surface area contributed by atoms with E-state index in [0.717, 1.165) is 15.3 Å². The SMILES string of the molecule is O=C(/C=C/c1ccc(-c2ccccc2)s1)OCc1nc2ccccc2c(=O)[nH]1. The number of carbonyl (C=O) groups excluding carboxylic acids is 1. The number of H-pyrrole nitrogens is 1. The number of rotatable bonds is 5. The van der Waals surface area contributed by atoms with Crippen molar-refractivity contribution in [1.29, 1.82) is 0 Å². The highest BCUT2D eigenvalue weighted by molar-refractivity contribution is 7.16. The van der Waals surface area contributed by atoms with E-state index in [1.165, 1.54) is 6.08 Å². The lowest BCUT2D eigenvalue weighted by molar-refractivity contribution is -0.139. The summed E-state index contributed by atoms with van der Waals surface area (Å²) >= 11 is 1.59. The van der Waals surface area contributed by atoms with Gasteiger partial charge in [-0.1, -0.05) is 42.5 Å². The molecular weight excluding hydrogens is 372 g/mol.